The van der Waals surface area contributed by atoms with E-state index in [1.54, 1.807) is 12.1 Å². The van der Waals surface area contributed by atoms with Crippen molar-refractivity contribution < 1.29 is 21.6 Å². The fraction of sp³-hybridized carbons (Fsp3) is 0.538. The molecule has 1 aliphatic rings. The van der Waals surface area contributed by atoms with Gasteiger partial charge in [0.1, 0.15) is 0 Å². The van der Waals surface area contributed by atoms with Crippen LogP contribution in [0.25, 0.3) is 0 Å². The quantitative estimate of drug-likeness (QED) is 0.842. The molecule has 0 radical (unpaired) electrons. The number of hydrogen-bond donors (Lipinski definition) is 0. The van der Waals surface area contributed by atoms with Gasteiger partial charge in [-0.3, -0.25) is 0 Å². The summed E-state index contributed by atoms with van der Waals surface area (Å²) in [4.78, 5) is 0.0472. The molecule has 3 nitrogen and oxygen atoms in total. The van der Waals surface area contributed by atoms with Crippen LogP contribution in [0.4, 0.5) is 13.2 Å². The zero-order chi connectivity index (χ0) is 15.0. The lowest BCUT2D eigenvalue weighted by Crippen LogP contribution is -2.44. The minimum Gasteiger partial charge on any atom is -0.207 e. The first-order valence-electron chi connectivity index (χ1n) is 6.35. The summed E-state index contributed by atoms with van der Waals surface area (Å²) < 4.78 is 63.8. The van der Waals surface area contributed by atoms with Gasteiger partial charge in [-0.25, -0.2) is 8.42 Å². The van der Waals surface area contributed by atoms with Crippen molar-refractivity contribution in [3.8, 4) is 0 Å². The summed E-state index contributed by atoms with van der Waals surface area (Å²) in [7, 11) is -3.84. The molecule has 1 fully saturated rings. The van der Waals surface area contributed by atoms with Crippen LogP contribution in [0.3, 0.4) is 0 Å². The minimum atomic E-state index is -4.35. The Morgan fingerprint density at radius 3 is 2.35 bits per heavy atom. The van der Waals surface area contributed by atoms with Gasteiger partial charge >= 0.3 is 6.18 Å². The molecule has 0 spiro atoms. The van der Waals surface area contributed by atoms with Crippen LogP contribution in [-0.4, -0.2) is 32.0 Å². The van der Waals surface area contributed by atoms with E-state index >= 15 is 0 Å². The van der Waals surface area contributed by atoms with Gasteiger partial charge in [0.2, 0.25) is 10.0 Å². The molecule has 0 aromatic heterocycles. The summed E-state index contributed by atoms with van der Waals surface area (Å²) in [6.07, 6.45) is -4.12. The summed E-state index contributed by atoms with van der Waals surface area (Å²) in [5, 5.41) is 0. The summed E-state index contributed by atoms with van der Waals surface area (Å²) in [6, 6.07) is 6.14. The molecule has 0 saturated carbocycles. The number of hydrogen-bond acceptors (Lipinski definition) is 2. The molecule has 112 valence electrons. The molecule has 7 heteroatoms. The van der Waals surface area contributed by atoms with Crippen molar-refractivity contribution in [2.45, 2.75) is 30.8 Å². The third-order valence-electron chi connectivity index (χ3n) is 3.51. The molecule has 1 heterocycles. The van der Waals surface area contributed by atoms with Gasteiger partial charge < -0.3 is 0 Å². The molecule has 0 aliphatic carbocycles. The Labute approximate surface area is 116 Å². The largest absolute Gasteiger partial charge is 0.393 e. The van der Waals surface area contributed by atoms with Crippen molar-refractivity contribution in [3.05, 3.63) is 29.8 Å². The molecular formula is C13H16F3NO2S. The highest BCUT2D eigenvalue weighted by Crippen LogP contribution is 2.34. The average molecular weight is 307 g/mol. The van der Waals surface area contributed by atoms with Crippen LogP contribution in [0.15, 0.2) is 29.2 Å². The van der Waals surface area contributed by atoms with Gasteiger partial charge in [0.05, 0.1) is 10.8 Å². The first-order chi connectivity index (χ1) is 9.21. The van der Waals surface area contributed by atoms with E-state index in [-0.39, 0.29) is 24.3 Å². The van der Waals surface area contributed by atoms with Gasteiger partial charge in [-0.05, 0) is 31.9 Å². The maximum atomic E-state index is 12.7. The van der Waals surface area contributed by atoms with Crippen LogP contribution in [0, 0.1) is 12.8 Å². The molecular weight excluding hydrogens is 291 g/mol. The van der Waals surface area contributed by atoms with Crippen molar-refractivity contribution in [1.82, 2.24) is 4.31 Å². The zero-order valence-electron chi connectivity index (χ0n) is 11.0. The van der Waals surface area contributed by atoms with E-state index in [1.807, 2.05) is 6.92 Å². The fourth-order valence-corrected chi connectivity index (χ4v) is 3.81. The molecule has 1 aromatic rings. The molecule has 2 rings (SSSR count). The maximum absolute atomic E-state index is 12.7. The van der Waals surface area contributed by atoms with Crippen LogP contribution in [0.5, 0.6) is 0 Å². The second-order valence-electron chi connectivity index (χ2n) is 5.06. The second kappa shape index (κ2) is 5.37. The number of halogens is 3. The Kier molecular flexibility index (Phi) is 4.11. The van der Waals surface area contributed by atoms with E-state index < -0.39 is 28.7 Å². The summed E-state index contributed by atoms with van der Waals surface area (Å²) in [5.41, 5.74) is 0.899. The van der Waals surface area contributed by atoms with Gasteiger partial charge in [-0.15, -0.1) is 0 Å². The predicted molar refractivity (Wildman–Crippen MR) is 68.7 cm³/mol. The Morgan fingerprint density at radius 2 is 1.80 bits per heavy atom. The second-order valence-corrected chi connectivity index (χ2v) is 6.99. The predicted octanol–water partition coefficient (Wildman–Crippen LogP) is 2.96. The van der Waals surface area contributed by atoms with Crippen LogP contribution in [0.1, 0.15) is 18.4 Å². The van der Waals surface area contributed by atoms with Crippen LogP contribution >= 0.6 is 0 Å². The number of benzene rings is 1. The van der Waals surface area contributed by atoms with Gasteiger partial charge in [-0.2, -0.15) is 17.5 Å². The van der Waals surface area contributed by atoms with E-state index in [9.17, 15) is 21.6 Å². The molecule has 0 amide bonds. The molecule has 1 atom stereocenters. The lowest BCUT2D eigenvalue weighted by molar-refractivity contribution is -0.182. The maximum Gasteiger partial charge on any atom is 0.393 e. The Hall–Kier alpha value is -1.08. The molecule has 1 aromatic carbocycles. The molecule has 20 heavy (non-hydrogen) atoms. The highest BCUT2D eigenvalue weighted by atomic mass is 32.2. The van der Waals surface area contributed by atoms with E-state index in [4.69, 9.17) is 0 Å². The molecule has 1 unspecified atom stereocenters. The molecule has 1 saturated heterocycles. The van der Waals surface area contributed by atoms with E-state index in [0.29, 0.717) is 0 Å². The summed E-state index contributed by atoms with van der Waals surface area (Å²) >= 11 is 0. The van der Waals surface area contributed by atoms with E-state index in [2.05, 4.69) is 0 Å². The smallest absolute Gasteiger partial charge is 0.207 e. The van der Waals surface area contributed by atoms with Crippen molar-refractivity contribution in [2.24, 2.45) is 5.92 Å². The van der Waals surface area contributed by atoms with E-state index in [1.165, 1.54) is 12.1 Å². The topological polar surface area (TPSA) is 37.4 Å². The standard InChI is InChI=1S/C13H16F3NO2S/c1-10-4-6-12(7-5-10)20(18,19)17-8-2-3-11(9-17)13(14,15)16/h4-7,11H,2-3,8-9H2,1H3. The van der Waals surface area contributed by atoms with Crippen molar-refractivity contribution in [1.29, 1.82) is 0 Å². The van der Waals surface area contributed by atoms with E-state index in [0.717, 1.165) is 9.87 Å². The first-order valence-corrected chi connectivity index (χ1v) is 7.79. The number of piperidine rings is 1. The summed E-state index contributed by atoms with van der Waals surface area (Å²) in [5.74, 6) is -1.57. The minimum absolute atomic E-state index is 0.0105. The van der Waals surface area contributed by atoms with Crippen LogP contribution in [-0.2, 0) is 10.0 Å². The third kappa shape index (κ3) is 3.15. The van der Waals surface area contributed by atoms with Gasteiger partial charge in [0.15, 0.2) is 0 Å². The third-order valence-corrected chi connectivity index (χ3v) is 5.39. The SMILES string of the molecule is Cc1ccc(S(=O)(=O)N2CCCC(C(F)(F)F)C2)cc1. The number of rotatable bonds is 2. The monoisotopic (exact) mass is 307 g/mol. The van der Waals surface area contributed by atoms with Crippen molar-refractivity contribution in [3.63, 3.8) is 0 Å². The number of aryl methyl sites for hydroxylation is 1. The normalized spacial score (nSPS) is 21.9. The molecule has 0 bridgehead atoms. The highest BCUT2D eigenvalue weighted by Gasteiger charge is 2.44. The van der Waals surface area contributed by atoms with Crippen molar-refractivity contribution in [2.75, 3.05) is 13.1 Å². The fourth-order valence-electron chi connectivity index (χ4n) is 2.29. The van der Waals surface area contributed by atoms with Gasteiger partial charge in [0.25, 0.3) is 0 Å². The number of alkyl halides is 3. The Morgan fingerprint density at radius 1 is 1.20 bits per heavy atom. The average Bonchev–Trinajstić information content (AvgIpc) is 2.38. The number of sulfonamides is 1. The molecule has 0 N–H and O–H groups in total. The summed E-state index contributed by atoms with van der Waals surface area (Å²) in [6.45, 7) is 1.47. The van der Waals surface area contributed by atoms with Gasteiger partial charge in [0, 0.05) is 13.1 Å². The van der Waals surface area contributed by atoms with Crippen LogP contribution in [0.2, 0.25) is 0 Å². The van der Waals surface area contributed by atoms with Crippen LogP contribution < -0.4 is 0 Å². The Bertz CT molecular complexity index is 566. The first kappa shape index (κ1) is 15.3. The molecule has 1 aliphatic heterocycles. The Balaban J connectivity index is 2.23. The zero-order valence-corrected chi connectivity index (χ0v) is 11.8. The lowest BCUT2D eigenvalue weighted by atomic mass is 9.99. The van der Waals surface area contributed by atoms with Gasteiger partial charge in [-0.1, -0.05) is 17.7 Å². The highest BCUT2D eigenvalue weighted by molar-refractivity contribution is 7.89. The number of nitrogens with zero attached hydrogens (tertiary/aromatic N) is 1. The lowest BCUT2D eigenvalue weighted by Gasteiger charge is -2.32. The van der Waals surface area contributed by atoms with Crippen molar-refractivity contribution >= 4 is 10.0 Å².